The van der Waals surface area contributed by atoms with E-state index in [9.17, 15) is 4.79 Å². The highest BCUT2D eigenvalue weighted by Crippen LogP contribution is 2.21. The van der Waals surface area contributed by atoms with Gasteiger partial charge in [-0.3, -0.25) is 4.79 Å². The van der Waals surface area contributed by atoms with Crippen LogP contribution < -0.4 is 5.73 Å². The third-order valence-corrected chi connectivity index (χ3v) is 3.29. The molecule has 0 amide bonds. The number of benzene rings is 2. The number of pyridine rings is 1. The fourth-order valence-electron chi connectivity index (χ4n) is 2.17. The number of fused-ring (bicyclic) bond motifs is 1. The predicted octanol–water partition coefficient (Wildman–Crippen LogP) is 3.36. The molecule has 0 aliphatic heterocycles. The molecule has 0 spiro atoms. The molecule has 1 aromatic heterocycles. The van der Waals surface area contributed by atoms with Crippen molar-refractivity contribution in [3.63, 3.8) is 0 Å². The minimum atomic E-state index is -0.109. The lowest BCUT2D eigenvalue weighted by Gasteiger charge is -2.06. The summed E-state index contributed by atoms with van der Waals surface area (Å²) in [6, 6.07) is 16.6. The number of para-hydroxylation sites is 1. The van der Waals surface area contributed by atoms with Crippen LogP contribution in [0.2, 0.25) is 0 Å². The third kappa shape index (κ3) is 2.14. The molecule has 0 fully saturated rings. The standard InChI is InChI=1S/C17H14N2O/c1-11-6-8-12(9-7-11)17(20)16-10-14(18)13-4-2-3-5-15(13)19-16/h2-10H,1H3,(H2,18,19). The van der Waals surface area contributed by atoms with Gasteiger partial charge in [-0.2, -0.15) is 0 Å². The second kappa shape index (κ2) is 4.78. The van der Waals surface area contributed by atoms with E-state index in [4.69, 9.17) is 5.73 Å². The number of anilines is 1. The van der Waals surface area contributed by atoms with Gasteiger partial charge in [-0.15, -0.1) is 0 Å². The van der Waals surface area contributed by atoms with Gasteiger partial charge in [0.05, 0.1) is 5.52 Å². The maximum atomic E-state index is 12.4. The molecule has 3 nitrogen and oxygen atoms in total. The lowest BCUT2D eigenvalue weighted by atomic mass is 10.0. The Morgan fingerprint density at radius 3 is 2.50 bits per heavy atom. The first-order chi connectivity index (χ1) is 9.65. The Kier molecular flexibility index (Phi) is 2.95. The number of hydrogen-bond donors (Lipinski definition) is 1. The second-order valence-electron chi connectivity index (χ2n) is 4.81. The van der Waals surface area contributed by atoms with Crippen molar-refractivity contribution < 1.29 is 4.79 Å². The first kappa shape index (κ1) is 12.4. The van der Waals surface area contributed by atoms with E-state index in [1.807, 2.05) is 55.5 Å². The molecule has 0 bridgehead atoms. The van der Waals surface area contributed by atoms with E-state index in [1.54, 1.807) is 6.07 Å². The van der Waals surface area contributed by atoms with Crippen LogP contribution >= 0.6 is 0 Å². The maximum Gasteiger partial charge on any atom is 0.211 e. The zero-order chi connectivity index (χ0) is 14.1. The topological polar surface area (TPSA) is 56.0 Å². The van der Waals surface area contributed by atoms with Crippen LogP contribution in [-0.2, 0) is 0 Å². The number of aromatic nitrogens is 1. The van der Waals surface area contributed by atoms with Gasteiger partial charge >= 0.3 is 0 Å². The molecule has 20 heavy (non-hydrogen) atoms. The van der Waals surface area contributed by atoms with Gasteiger partial charge < -0.3 is 5.73 Å². The maximum absolute atomic E-state index is 12.4. The number of carbonyl (C=O) groups excluding carboxylic acids is 1. The van der Waals surface area contributed by atoms with E-state index in [0.29, 0.717) is 16.9 Å². The van der Waals surface area contributed by atoms with Gasteiger partial charge in [-0.1, -0.05) is 48.0 Å². The summed E-state index contributed by atoms with van der Waals surface area (Å²) in [5.74, 6) is -0.109. The predicted molar refractivity (Wildman–Crippen MR) is 80.8 cm³/mol. The molecule has 3 aromatic rings. The summed E-state index contributed by atoms with van der Waals surface area (Å²) in [5.41, 5.74) is 9.44. The molecular formula is C17H14N2O. The van der Waals surface area contributed by atoms with Crippen LogP contribution in [-0.4, -0.2) is 10.8 Å². The van der Waals surface area contributed by atoms with Crippen molar-refractivity contribution in [2.24, 2.45) is 0 Å². The van der Waals surface area contributed by atoms with E-state index in [-0.39, 0.29) is 5.78 Å². The Morgan fingerprint density at radius 1 is 1.05 bits per heavy atom. The first-order valence-corrected chi connectivity index (χ1v) is 6.42. The number of nitrogens with two attached hydrogens (primary N) is 1. The molecule has 0 saturated carbocycles. The number of hydrogen-bond acceptors (Lipinski definition) is 3. The minimum Gasteiger partial charge on any atom is -0.398 e. The molecule has 2 aromatic carbocycles. The molecule has 3 heteroatoms. The van der Waals surface area contributed by atoms with Crippen molar-refractivity contribution in [3.05, 3.63) is 71.4 Å². The average molecular weight is 262 g/mol. The van der Waals surface area contributed by atoms with Gasteiger partial charge in [0, 0.05) is 16.6 Å². The summed E-state index contributed by atoms with van der Waals surface area (Å²) in [5, 5.41) is 0.868. The van der Waals surface area contributed by atoms with E-state index < -0.39 is 0 Å². The van der Waals surface area contributed by atoms with Gasteiger partial charge in [-0.25, -0.2) is 4.98 Å². The SMILES string of the molecule is Cc1ccc(C(=O)c2cc(N)c3ccccc3n2)cc1. The number of carbonyl (C=O) groups is 1. The van der Waals surface area contributed by atoms with Crippen LogP contribution in [0.4, 0.5) is 5.69 Å². The molecule has 0 saturated heterocycles. The monoisotopic (exact) mass is 262 g/mol. The molecule has 2 N–H and O–H groups in total. The molecule has 0 atom stereocenters. The lowest BCUT2D eigenvalue weighted by molar-refractivity contribution is 0.103. The summed E-state index contributed by atoms with van der Waals surface area (Å²) < 4.78 is 0. The van der Waals surface area contributed by atoms with Gasteiger partial charge in [0.25, 0.3) is 0 Å². The van der Waals surface area contributed by atoms with Gasteiger partial charge in [0.2, 0.25) is 5.78 Å². The Bertz CT molecular complexity index is 792. The molecule has 1 heterocycles. The highest BCUT2D eigenvalue weighted by Gasteiger charge is 2.12. The summed E-state index contributed by atoms with van der Waals surface area (Å²) in [6.07, 6.45) is 0. The zero-order valence-corrected chi connectivity index (χ0v) is 11.1. The van der Waals surface area contributed by atoms with Crippen LogP contribution in [0.15, 0.2) is 54.6 Å². The molecular weight excluding hydrogens is 248 g/mol. The Hall–Kier alpha value is -2.68. The Balaban J connectivity index is 2.10. The van der Waals surface area contributed by atoms with E-state index in [0.717, 1.165) is 16.5 Å². The van der Waals surface area contributed by atoms with Crippen molar-refractivity contribution in [1.29, 1.82) is 0 Å². The summed E-state index contributed by atoms with van der Waals surface area (Å²) in [6.45, 7) is 1.99. The highest BCUT2D eigenvalue weighted by atomic mass is 16.1. The average Bonchev–Trinajstić information content (AvgIpc) is 2.47. The number of nitrogens with zero attached hydrogens (tertiary/aromatic N) is 1. The number of rotatable bonds is 2. The Morgan fingerprint density at radius 2 is 1.75 bits per heavy atom. The molecule has 0 radical (unpaired) electrons. The van der Waals surface area contributed by atoms with Crippen molar-refractivity contribution in [2.45, 2.75) is 6.92 Å². The largest absolute Gasteiger partial charge is 0.398 e. The van der Waals surface area contributed by atoms with Crippen LogP contribution in [0.25, 0.3) is 10.9 Å². The summed E-state index contributed by atoms with van der Waals surface area (Å²) >= 11 is 0. The molecule has 3 rings (SSSR count). The van der Waals surface area contributed by atoms with Gasteiger partial charge in [0.1, 0.15) is 5.69 Å². The number of ketones is 1. The fourth-order valence-corrected chi connectivity index (χ4v) is 2.17. The molecule has 0 unspecified atom stereocenters. The van der Waals surface area contributed by atoms with Crippen LogP contribution in [0.1, 0.15) is 21.6 Å². The highest BCUT2D eigenvalue weighted by molar-refractivity contribution is 6.09. The minimum absolute atomic E-state index is 0.109. The summed E-state index contributed by atoms with van der Waals surface area (Å²) in [4.78, 5) is 16.8. The fraction of sp³-hybridized carbons (Fsp3) is 0.0588. The van der Waals surface area contributed by atoms with Crippen LogP contribution in [0.5, 0.6) is 0 Å². The van der Waals surface area contributed by atoms with E-state index >= 15 is 0 Å². The lowest BCUT2D eigenvalue weighted by Crippen LogP contribution is -2.05. The van der Waals surface area contributed by atoms with E-state index in [1.165, 1.54) is 0 Å². The van der Waals surface area contributed by atoms with Crippen LogP contribution in [0.3, 0.4) is 0 Å². The first-order valence-electron chi connectivity index (χ1n) is 6.42. The second-order valence-corrected chi connectivity index (χ2v) is 4.81. The smallest absolute Gasteiger partial charge is 0.211 e. The van der Waals surface area contributed by atoms with Gasteiger partial charge in [-0.05, 0) is 19.1 Å². The molecule has 0 aliphatic rings. The van der Waals surface area contributed by atoms with E-state index in [2.05, 4.69) is 4.98 Å². The Labute approximate surface area is 117 Å². The van der Waals surface area contributed by atoms with Gasteiger partial charge in [0.15, 0.2) is 0 Å². The molecule has 98 valence electrons. The normalized spacial score (nSPS) is 10.7. The van der Waals surface area contributed by atoms with Crippen molar-refractivity contribution >= 4 is 22.4 Å². The zero-order valence-electron chi connectivity index (χ0n) is 11.1. The quantitative estimate of drug-likeness (QED) is 0.720. The van der Waals surface area contributed by atoms with Crippen LogP contribution in [0, 0.1) is 6.92 Å². The third-order valence-electron chi connectivity index (χ3n) is 3.29. The number of nitrogen functional groups attached to an aromatic ring is 1. The van der Waals surface area contributed by atoms with Crippen molar-refractivity contribution in [3.8, 4) is 0 Å². The number of aryl methyl sites for hydroxylation is 1. The molecule has 0 aliphatic carbocycles. The summed E-state index contributed by atoms with van der Waals surface area (Å²) in [7, 11) is 0. The van der Waals surface area contributed by atoms with Crippen molar-refractivity contribution in [1.82, 2.24) is 4.98 Å². The van der Waals surface area contributed by atoms with Crippen molar-refractivity contribution in [2.75, 3.05) is 5.73 Å².